The molecular weight excluding hydrogens is 445 g/mol. The maximum atomic E-state index is 12.6. The number of rotatable bonds is 10. The van der Waals surface area contributed by atoms with E-state index in [4.69, 9.17) is 28.5 Å². The van der Waals surface area contributed by atoms with Crippen molar-refractivity contribution in [3.8, 4) is 6.07 Å². The van der Waals surface area contributed by atoms with Gasteiger partial charge >= 0.3 is 0 Å². The van der Waals surface area contributed by atoms with Crippen LogP contribution in [0.2, 0.25) is 10.0 Å². The third kappa shape index (κ3) is 6.57. The monoisotopic (exact) mass is 469 g/mol. The second-order valence-corrected chi connectivity index (χ2v) is 8.30. The molecule has 0 aliphatic carbocycles. The van der Waals surface area contributed by atoms with Crippen LogP contribution in [-0.4, -0.2) is 28.0 Å². The van der Waals surface area contributed by atoms with Crippen LogP contribution in [0.5, 0.6) is 0 Å². The Balaban J connectivity index is 1.51. The largest absolute Gasteiger partial charge is 0.352 e. The molecule has 0 fully saturated rings. The molecule has 0 spiro atoms. The standard InChI is InChI=1S/C24H25Cl2N5O/c1-2-20(13-28-12-19-4-3-5-22(25)24(19)26)30-23(32)10-21-14-29-16-31(21)15-18-8-6-17(11-27)7-9-18/h3-9,14,16,20,28H,2,10,12-13,15H2,1H3,(H,30,32)/t20-/m0/s1. The summed E-state index contributed by atoms with van der Waals surface area (Å²) in [6, 6.07) is 15.1. The van der Waals surface area contributed by atoms with Gasteiger partial charge in [-0.1, -0.05) is 54.4 Å². The van der Waals surface area contributed by atoms with Gasteiger partial charge in [0.05, 0.1) is 34.4 Å². The number of nitrogens with zero attached hydrogens (tertiary/aromatic N) is 3. The molecule has 3 aromatic rings. The Bertz CT molecular complexity index is 1090. The first-order chi connectivity index (χ1) is 15.5. The van der Waals surface area contributed by atoms with Crippen molar-refractivity contribution in [1.29, 1.82) is 5.26 Å². The molecule has 166 valence electrons. The third-order valence-electron chi connectivity index (χ3n) is 5.17. The number of halogens is 2. The average molecular weight is 470 g/mol. The van der Waals surface area contributed by atoms with Gasteiger partial charge in [0, 0.05) is 37.6 Å². The van der Waals surface area contributed by atoms with Gasteiger partial charge in [-0.2, -0.15) is 5.26 Å². The van der Waals surface area contributed by atoms with E-state index in [1.165, 1.54) is 0 Å². The van der Waals surface area contributed by atoms with Gasteiger partial charge in [-0.3, -0.25) is 4.79 Å². The molecule has 2 aromatic carbocycles. The van der Waals surface area contributed by atoms with Crippen molar-refractivity contribution in [3.05, 3.63) is 87.4 Å². The number of hydrogen-bond acceptors (Lipinski definition) is 4. The SMILES string of the molecule is CC[C@@H](CNCc1cccc(Cl)c1Cl)NC(=O)Cc1cncn1Cc1ccc(C#N)cc1. The lowest BCUT2D eigenvalue weighted by atomic mass is 10.1. The lowest BCUT2D eigenvalue weighted by molar-refractivity contribution is -0.121. The molecule has 3 rings (SSSR count). The minimum atomic E-state index is -0.0546. The van der Waals surface area contributed by atoms with Gasteiger partial charge in [-0.25, -0.2) is 4.98 Å². The molecule has 32 heavy (non-hydrogen) atoms. The highest BCUT2D eigenvalue weighted by Crippen LogP contribution is 2.25. The van der Waals surface area contributed by atoms with Crippen LogP contribution in [0.15, 0.2) is 55.0 Å². The van der Waals surface area contributed by atoms with Crippen LogP contribution in [0.3, 0.4) is 0 Å². The fraction of sp³-hybridized carbons (Fsp3) is 0.292. The molecule has 6 nitrogen and oxygen atoms in total. The van der Waals surface area contributed by atoms with Crippen LogP contribution >= 0.6 is 23.2 Å². The molecule has 0 aliphatic rings. The topological polar surface area (TPSA) is 82.7 Å². The van der Waals surface area contributed by atoms with Crippen LogP contribution in [0.4, 0.5) is 0 Å². The first-order valence-electron chi connectivity index (χ1n) is 10.4. The summed E-state index contributed by atoms with van der Waals surface area (Å²) in [7, 11) is 0. The number of aromatic nitrogens is 2. The zero-order valence-electron chi connectivity index (χ0n) is 17.8. The van der Waals surface area contributed by atoms with Crippen LogP contribution < -0.4 is 10.6 Å². The van der Waals surface area contributed by atoms with Crippen molar-refractivity contribution in [2.75, 3.05) is 6.54 Å². The number of nitrogens with one attached hydrogen (secondary N) is 2. The molecule has 1 heterocycles. The summed E-state index contributed by atoms with van der Waals surface area (Å²) < 4.78 is 1.95. The Morgan fingerprint density at radius 1 is 1.22 bits per heavy atom. The molecule has 1 atom stereocenters. The molecule has 0 unspecified atom stereocenters. The lowest BCUT2D eigenvalue weighted by Crippen LogP contribution is -2.42. The molecular formula is C24H25Cl2N5O. The Labute approximate surface area is 198 Å². The minimum Gasteiger partial charge on any atom is -0.352 e. The Morgan fingerprint density at radius 3 is 2.72 bits per heavy atom. The third-order valence-corrected chi connectivity index (χ3v) is 6.03. The fourth-order valence-corrected chi connectivity index (χ4v) is 3.71. The number of imidazole rings is 1. The Hall–Kier alpha value is -2.85. The molecule has 1 aromatic heterocycles. The van der Waals surface area contributed by atoms with E-state index in [2.05, 4.69) is 21.7 Å². The summed E-state index contributed by atoms with van der Waals surface area (Å²) in [6.45, 7) is 3.82. The average Bonchev–Trinajstić information content (AvgIpc) is 3.22. The smallest absolute Gasteiger partial charge is 0.226 e. The maximum absolute atomic E-state index is 12.6. The molecule has 2 N–H and O–H groups in total. The summed E-state index contributed by atoms with van der Waals surface area (Å²) in [5.41, 5.74) is 3.42. The van der Waals surface area contributed by atoms with E-state index in [0.29, 0.717) is 35.2 Å². The van der Waals surface area contributed by atoms with Crippen molar-refractivity contribution in [2.45, 2.75) is 38.9 Å². The molecule has 0 saturated carbocycles. The first-order valence-corrected chi connectivity index (χ1v) is 11.2. The molecule has 0 aliphatic heterocycles. The van der Waals surface area contributed by atoms with Gasteiger partial charge < -0.3 is 15.2 Å². The summed E-state index contributed by atoms with van der Waals surface area (Å²) in [6.07, 6.45) is 4.47. The van der Waals surface area contributed by atoms with Crippen molar-refractivity contribution in [3.63, 3.8) is 0 Å². The number of carbonyl (C=O) groups excluding carboxylic acids is 1. The summed E-state index contributed by atoms with van der Waals surface area (Å²) >= 11 is 12.3. The summed E-state index contributed by atoms with van der Waals surface area (Å²) in [5, 5.41) is 16.4. The van der Waals surface area contributed by atoms with Gasteiger partial charge in [0.15, 0.2) is 0 Å². The number of nitriles is 1. The zero-order chi connectivity index (χ0) is 22.9. The van der Waals surface area contributed by atoms with Crippen LogP contribution in [0.1, 0.15) is 35.7 Å². The van der Waals surface area contributed by atoms with Crippen LogP contribution in [0, 0.1) is 11.3 Å². The van der Waals surface area contributed by atoms with E-state index in [9.17, 15) is 4.79 Å². The van der Waals surface area contributed by atoms with E-state index in [0.717, 1.165) is 23.2 Å². The molecule has 0 bridgehead atoms. The molecule has 0 saturated heterocycles. The predicted molar refractivity (Wildman–Crippen MR) is 127 cm³/mol. The number of carbonyl (C=O) groups is 1. The van der Waals surface area contributed by atoms with E-state index >= 15 is 0 Å². The second-order valence-electron chi connectivity index (χ2n) is 7.51. The van der Waals surface area contributed by atoms with Crippen molar-refractivity contribution in [1.82, 2.24) is 20.2 Å². The molecule has 1 amide bonds. The quantitative estimate of drug-likeness (QED) is 0.462. The van der Waals surface area contributed by atoms with E-state index in [-0.39, 0.29) is 18.4 Å². The lowest BCUT2D eigenvalue weighted by Gasteiger charge is -2.18. The van der Waals surface area contributed by atoms with Crippen LogP contribution in [-0.2, 0) is 24.3 Å². The van der Waals surface area contributed by atoms with Crippen molar-refractivity contribution >= 4 is 29.1 Å². The fourth-order valence-electron chi connectivity index (χ4n) is 3.33. The van der Waals surface area contributed by atoms with E-state index in [1.54, 1.807) is 30.7 Å². The second kappa shape index (κ2) is 11.7. The van der Waals surface area contributed by atoms with E-state index in [1.807, 2.05) is 35.8 Å². The predicted octanol–water partition coefficient (Wildman–Crippen LogP) is 4.34. The van der Waals surface area contributed by atoms with Gasteiger partial charge in [0.1, 0.15) is 0 Å². The first kappa shape index (κ1) is 23.8. The number of amides is 1. The van der Waals surface area contributed by atoms with Crippen molar-refractivity contribution in [2.24, 2.45) is 0 Å². The van der Waals surface area contributed by atoms with Gasteiger partial charge in [0.2, 0.25) is 5.91 Å². The highest BCUT2D eigenvalue weighted by Gasteiger charge is 2.14. The minimum absolute atomic E-state index is 0.00430. The maximum Gasteiger partial charge on any atom is 0.226 e. The van der Waals surface area contributed by atoms with E-state index < -0.39 is 0 Å². The Kier molecular flexibility index (Phi) is 8.69. The zero-order valence-corrected chi connectivity index (χ0v) is 19.3. The van der Waals surface area contributed by atoms with Gasteiger partial charge in [-0.15, -0.1) is 0 Å². The number of benzene rings is 2. The van der Waals surface area contributed by atoms with Gasteiger partial charge in [-0.05, 0) is 35.7 Å². The highest BCUT2D eigenvalue weighted by atomic mass is 35.5. The molecule has 8 heteroatoms. The van der Waals surface area contributed by atoms with Gasteiger partial charge in [0.25, 0.3) is 0 Å². The number of hydrogen-bond donors (Lipinski definition) is 2. The van der Waals surface area contributed by atoms with Crippen LogP contribution in [0.25, 0.3) is 0 Å². The summed E-state index contributed by atoms with van der Waals surface area (Å²) in [5.74, 6) is -0.0546. The molecule has 0 radical (unpaired) electrons. The summed E-state index contributed by atoms with van der Waals surface area (Å²) in [4.78, 5) is 16.8. The Morgan fingerprint density at radius 2 is 2.00 bits per heavy atom. The van der Waals surface area contributed by atoms with Crippen molar-refractivity contribution < 1.29 is 4.79 Å². The highest BCUT2D eigenvalue weighted by molar-refractivity contribution is 6.42. The normalized spacial score (nSPS) is 11.7.